The highest BCUT2D eigenvalue weighted by Crippen LogP contribution is 2.20. The van der Waals surface area contributed by atoms with Crippen LogP contribution in [0.2, 0.25) is 0 Å². The molecule has 1 amide bonds. The minimum Gasteiger partial charge on any atom is -0.339 e. The third-order valence-corrected chi connectivity index (χ3v) is 4.15. The van der Waals surface area contributed by atoms with Crippen molar-refractivity contribution in [3.8, 4) is 11.4 Å². The third-order valence-electron chi connectivity index (χ3n) is 4.15. The van der Waals surface area contributed by atoms with Gasteiger partial charge in [0.05, 0.1) is 0 Å². The van der Waals surface area contributed by atoms with Crippen molar-refractivity contribution in [2.45, 2.75) is 13.0 Å². The van der Waals surface area contributed by atoms with Crippen molar-refractivity contribution >= 4 is 16.7 Å². The Labute approximate surface area is 154 Å². The summed E-state index contributed by atoms with van der Waals surface area (Å²) in [6.07, 6.45) is 1.60. The van der Waals surface area contributed by atoms with Gasteiger partial charge in [0.25, 0.3) is 5.91 Å². The standard InChI is InChI=1S/C20H15FN4O2/c1-12(20-24-18(25-27-20)14-6-8-15(21)9-7-14)23-19(26)17-16-5-3-2-4-13(16)10-11-22-17/h2-12H,1H3,(H,23,26). The SMILES string of the molecule is CC(NC(=O)c1nccc2ccccc12)c1nc(-c2ccc(F)cc2)no1. The number of carbonyl (C=O) groups is 1. The summed E-state index contributed by atoms with van der Waals surface area (Å²) in [5, 5.41) is 8.41. The molecule has 6 nitrogen and oxygen atoms in total. The lowest BCUT2D eigenvalue weighted by molar-refractivity contribution is 0.0929. The van der Waals surface area contributed by atoms with Crippen molar-refractivity contribution in [1.29, 1.82) is 0 Å². The molecule has 0 aliphatic heterocycles. The van der Waals surface area contributed by atoms with Gasteiger partial charge in [0.15, 0.2) is 0 Å². The molecule has 7 heteroatoms. The maximum atomic E-state index is 13.0. The van der Waals surface area contributed by atoms with Crippen LogP contribution in [0.1, 0.15) is 29.3 Å². The van der Waals surface area contributed by atoms with Crippen LogP contribution in [0, 0.1) is 5.82 Å². The van der Waals surface area contributed by atoms with Gasteiger partial charge in [-0.15, -0.1) is 0 Å². The van der Waals surface area contributed by atoms with E-state index >= 15 is 0 Å². The molecule has 2 heterocycles. The van der Waals surface area contributed by atoms with Gasteiger partial charge in [-0.25, -0.2) is 4.39 Å². The molecule has 1 unspecified atom stereocenters. The van der Waals surface area contributed by atoms with Gasteiger partial charge in [-0.2, -0.15) is 4.98 Å². The van der Waals surface area contributed by atoms with E-state index in [4.69, 9.17) is 4.52 Å². The van der Waals surface area contributed by atoms with Gasteiger partial charge in [0, 0.05) is 17.1 Å². The molecule has 4 rings (SSSR count). The molecule has 4 aromatic rings. The zero-order valence-corrected chi connectivity index (χ0v) is 14.4. The fourth-order valence-electron chi connectivity index (χ4n) is 2.75. The minimum absolute atomic E-state index is 0.253. The van der Waals surface area contributed by atoms with Crippen LogP contribution in [0.15, 0.2) is 65.3 Å². The van der Waals surface area contributed by atoms with E-state index in [9.17, 15) is 9.18 Å². The first-order chi connectivity index (χ1) is 13.1. The van der Waals surface area contributed by atoms with Gasteiger partial charge in [-0.1, -0.05) is 29.4 Å². The summed E-state index contributed by atoms with van der Waals surface area (Å²) in [4.78, 5) is 21.1. The molecule has 0 saturated heterocycles. The molecule has 0 radical (unpaired) electrons. The number of hydrogen-bond donors (Lipinski definition) is 1. The zero-order valence-electron chi connectivity index (χ0n) is 14.4. The van der Waals surface area contributed by atoms with Crippen LogP contribution in [0.3, 0.4) is 0 Å². The van der Waals surface area contributed by atoms with E-state index in [2.05, 4.69) is 20.4 Å². The van der Waals surface area contributed by atoms with E-state index < -0.39 is 6.04 Å². The number of nitrogens with one attached hydrogen (secondary N) is 1. The number of aromatic nitrogens is 3. The summed E-state index contributed by atoms with van der Waals surface area (Å²) >= 11 is 0. The smallest absolute Gasteiger partial charge is 0.271 e. The molecule has 0 saturated carbocycles. The first-order valence-corrected chi connectivity index (χ1v) is 8.36. The van der Waals surface area contributed by atoms with Crippen LogP contribution >= 0.6 is 0 Å². The molecule has 1 N–H and O–H groups in total. The monoisotopic (exact) mass is 362 g/mol. The predicted molar refractivity (Wildman–Crippen MR) is 97.3 cm³/mol. The summed E-state index contributed by atoms with van der Waals surface area (Å²) in [7, 11) is 0. The Morgan fingerprint density at radius 2 is 1.89 bits per heavy atom. The maximum Gasteiger partial charge on any atom is 0.271 e. The normalized spacial score (nSPS) is 12.1. The largest absolute Gasteiger partial charge is 0.339 e. The molecule has 0 spiro atoms. The minimum atomic E-state index is -0.514. The van der Waals surface area contributed by atoms with E-state index in [1.807, 2.05) is 30.3 Å². The van der Waals surface area contributed by atoms with E-state index in [1.54, 1.807) is 25.3 Å². The number of pyridine rings is 1. The second-order valence-electron chi connectivity index (χ2n) is 6.04. The number of hydrogen-bond acceptors (Lipinski definition) is 5. The third kappa shape index (κ3) is 3.39. The molecular weight excluding hydrogens is 347 g/mol. The summed E-state index contributed by atoms with van der Waals surface area (Å²) in [6, 6.07) is 14.6. The van der Waals surface area contributed by atoms with Gasteiger partial charge in [-0.3, -0.25) is 9.78 Å². The van der Waals surface area contributed by atoms with Gasteiger partial charge >= 0.3 is 0 Å². The van der Waals surface area contributed by atoms with Crippen molar-refractivity contribution in [2.75, 3.05) is 0 Å². The van der Waals surface area contributed by atoms with E-state index in [0.29, 0.717) is 17.1 Å². The van der Waals surface area contributed by atoms with Crippen LogP contribution in [0.5, 0.6) is 0 Å². The number of nitrogens with zero attached hydrogens (tertiary/aromatic N) is 3. The van der Waals surface area contributed by atoms with Crippen molar-refractivity contribution in [3.63, 3.8) is 0 Å². The van der Waals surface area contributed by atoms with Crippen LogP contribution in [-0.4, -0.2) is 21.0 Å². The maximum absolute atomic E-state index is 13.0. The lowest BCUT2D eigenvalue weighted by atomic mass is 10.1. The number of benzene rings is 2. The zero-order chi connectivity index (χ0) is 18.8. The average molecular weight is 362 g/mol. The number of amides is 1. The second-order valence-corrected chi connectivity index (χ2v) is 6.04. The van der Waals surface area contributed by atoms with Crippen molar-refractivity contribution < 1.29 is 13.7 Å². The molecule has 0 aliphatic rings. The van der Waals surface area contributed by atoms with Gasteiger partial charge in [-0.05, 0) is 42.6 Å². The first-order valence-electron chi connectivity index (χ1n) is 8.36. The number of carbonyl (C=O) groups excluding carboxylic acids is 1. The van der Waals surface area contributed by atoms with Crippen molar-refractivity contribution in [1.82, 2.24) is 20.4 Å². The summed E-state index contributed by atoms with van der Waals surface area (Å²) in [5.41, 5.74) is 0.957. The topological polar surface area (TPSA) is 80.9 Å². The molecule has 0 fully saturated rings. The molecule has 0 aliphatic carbocycles. The quantitative estimate of drug-likeness (QED) is 0.595. The highest BCUT2D eigenvalue weighted by molar-refractivity contribution is 6.05. The first kappa shape index (κ1) is 16.8. The molecule has 27 heavy (non-hydrogen) atoms. The summed E-state index contributed by atoms with van der Waals surface area (Å²) in [5.74, 6) is -0.0937. The number of halogens is 1. The van der Waals surface area contributed by atoms with Crippen molar-refractivity contribution in [3.05, 3.63) is 78.2 Å². The van der Waals surface area contributed by atoms with Crippen LogP contribution in [-0.2, 0) is 0 Å². The van der Waals surface area contributed by atoms with Gasteiger partial charge in [0.2, 0.25) is 11.7 Å². The van der Waals surface area contributed by atoms with Crippen LogP contribution in [0.25, 0.3) is 22.2 Å². The Balaban J connectivity index is 1.54. The van der Waals surface area contributed by atoms with Crippen LogP contribution in [0.4, 0.5) is 4.39 Å². The van der Waals surface area contributed by atoms with Crippen LogP contribution < -0.4 is 5.32 Å². The lowest BCUT2D eigenvalue weighted by Gasteiger charge is -2.10. The summed E-state index contributed by atoms with van der Waals surface area (Å²) < 4.78 is 18.3. The predicted octanol–water partition coefficient (Wildman–Crippen LogP) is 3.91. The second kappa shape index (κ2) is 6.95. The Bertz CT molecular complexity index is 1100. The highest BCUT2D eigenvalue weighted by atomic mass is 19.1. The van der Waals surface area contributed by atoms with Crippen molar-refractivity contribution in [2.24, 2.45) is 0 Å². The fourth-order valence-corrected chi connectivity index (χ4v) is 2.75. The lowest BCUT2D eigenvalue weighted by Crippen LogP contribution is -2.27. The molecule has 0 bridgehead atoms. The Hall–Kier alpha value is -3.61. The van der Waals surface area contributed by atoms with E-state index in [-0.39, 0.29) is 17.6 Å². The van der Waals surface area contributed by atoms with Gasteiger partial charge < -0.3 is 9.84 Å². The Kier molecular flexibility index (Phi) is 4.33. The van der Waals surface area contributed by atoms with Gasteiger partial charge in [0.1, 0.15) is 17.6 Å². The Morgan fingerprint density at radius 1 is 1.11 bits per heavy atom. The number of fused-ring (bicyclic) bond motifs is 1. The van der Waals surface area contributed by atoms with E-state index in [0.717, 1.165) is 10.8 Å². The van der Waals surface area contributed by atoms with E-state index in [1.165, 1.54) is 12.1 Å². The average Bonchev–Trinajstić information content (AvgIpc) is 3.18. The molecular formula is C20H15FN4O2. The Morgan fingerprint density at radius 3 is 2.70 bits per heavy atom. The molecule has 1 atom stereocenters. The molecule has 134 valence electrons. The molecule has 2 aromatic heterocycles. The summed E-state index contributed by atoms with van der Waals surface area (Å²) in [6.45, 7) is 1.74. The highest BCUT2D eigenvalue weighted by Gasteiger charge is 2.20. The number of rotatable bonds is 4. The molecule has 2 aromatic carbocycles. The fraction of sp³-hybridized carbons (Fsp3) is 0.100.